The van der Waals surface area contributed by atoms with E-state index in [9.17, 15) is 14.4 Å². The molecule has 0 aromatic carbocycles. The molecule has 0 saturated carbocycles. The van der Waals surface area contributed by atoms with Gasteiger partial charge >= 0.3 is 12.0 Å². The van der Waals surface area contributed by atoms with Crippen molar-refractivity contribution in [1.82, 2.24) is 15.2 Å². The smallest absolute Gasteiger partial charge is 0.323 e. The highest BCUT2D eigenvalue weighted by molar-refractivity contribution is 5.85. The number of carbonyl (C=O) groups excluding carboxylic acids is 2. The number of nitrogens with one attached hydrogen (secondary N) is 1. The van der Waals surface area contributed by atoms with Crippen molar-refractivity contribution in [3.05, 3.63) is 29.6 Å². The number of pyridine rings is 1. The van der Waals surface area contributed by atoms with Crippen LogP contribution in [0.4, 0.5) is 4.79 Å². The van der Waals surface area contributed by atoms with Gasteiger partial charge in [0.15, 0.2) is 0 Å². The number of nitrogens with two attached hydrogens (primary N) is 1. The second-order valence-corrected chi connectivity index (χ2v) is 4.18. The molecule has 4 N–H and O–H groups in total. The first kappa shape index (κ1) is 15.4. The highest BCUT2D eigenvalue weighted by Crippen LogP contribution is 2.04. The predicted octanol–water partition coefficient (Wildman–Crippen LogP) is -0.528. The molecule has 20 heavy (non-hydrogen) atoms. The van der Waals surface area contributed by atoms with Crippen LogP contribution in [0.3, 0.4) is 0 Å². The van der Waals surface area contributed by atoms with E-state index in [1.165, 1.54) is 0 Å². The highest BCUT2D eigenvalue weighted by atomic mass is 16.4. The lowest BCUT2D eigenvalue weighted by Gasteiger charge is -2.19. The van der Waals surface area contributed by atoms with Gasteiger partial charge in [0.1, 0.15) is 13.1 Å². The summed E-state index contributed by atoms with van der Waals surface area (Å²) in [5, 5.41) is 11.2. The molecule has 0 bridgehead atoms. The summed E-state index contributed by atoms with van der Waals surface area (Å²) in [5.41, 5.74) is 6.72. The minimum absolute atomic E-state index is 0.210. The van der Waals surface area contributed by atoms with Crippen LogP contribution in [-0.2, 0) is 16.1 Å². The van der Waals surface area contributed by atoms with Gasteiger partial charge in [-0.15, -0.1) is 0 Å². The van der Waals surface area contributed by atoms with Crippen LogP contribution in [0.1, 0.15) is 11.1 Å². The summed E-state index contributed by atoms with van der Waals surface area (Å²) in [5.74, 6) is -2.00. The van der Waals surface area contributed by atoms with E-state index >= 15 is 0 Å². The maximum absolute atomic E-state index is 11.8. The Balaban J connectivity index is 2.64. The van der Waals surface area contributed by atoms with Crippen molar-refractivity contribution >= 4 is 17.9 Å². The Bertz CT molecular complexity index is 502. The van der Waals surface area contributed by atoms with E-state index in [-0.39, 0.29) is 6.54 Å². The Morgan fingerprint density at radius 1 is 1.40 bits per heavy atom. The van der Waals surface area contributed by atoms with E-state index in [4.69, 9.17) is 10.8 Å². The fourth-order valence-electron chi connectivity index (χ4n) is 1.53. The van der Waals surface area contributed by atoms with Crippen LogP contribution in [0.2, 0.25) is 0 Å². The van der Waals surface area contributed by atoms with Gasteiger partial charge in [-0.05, 0) is 24.1 Å². The number of urea groups is 1. The molecular weight excluding hydrogens is 264 g/mol. The quantitative estimate of drug-likeness (QED) is 0.646. The molecule has 0 aliphatic heterocycles. The molecule has 3 amide bonds. The number of carbonyl (C=O) groups is 3. The highest BCUT2D eigenvalue weighted by Gasteiger charge is 2.18. The Labute approximate surface area is 115 Å². The number of nitrogens with zero attached hydrogens (tertiary/aromatic N) is 2. The van der Waals surface area contributed by atoms with E-state index in [0.29, 0.717) is 0 Å². The van der Waals surface area contributed by atoms with Crippen molar-refractivity contribution in [1.29, 1.82) is 0 Å². The lowest BCUT2D eigenvalue weighted by atomic mass is 10.1. The SMILES string of the molecule is Cc1cnccc1CNC(=O)N(CC(N)=O)CC(=O)O. The molecule has 1 aromatic heterocycles. The monoisotopic (exact) mass is 280 g/mol. The number of hydrogen-bond donors (Lipinski definition) is 3. The third-order valence-electron chi connectivity index (χ3n) is 2.53. The molecule has 1 heterocycles. The first-order chi connectivity index (χ1) is 9.40. The summed E-state index contributed by atoms with van der Waals surface area (Å²) in [6.45, 7) is 1.01. The minimum atomic E-state index is -1.22. The maximum atomic E-state index is 11.8. The lowest BCUT2D eigenvalue weighted by Crippen LogP contribution is -2.46. The summed E-state index contributed by atoms with van der Waals surface area (Å²) in [4.78, 5) is 38.1. The maximum Gasteiger partial charge on any atom is 0.323 e. The molecule has 0 saturated heterocycles. The summed E-state index contributed by atoms with van der Waals surface area (Å²) in [6.07, 6.45) is 3.24. The fraction of sp³-hybridized carbons (Fsp3) is 0.333. The number of primary amides is 1. The summed E-state index contributed by atoms with van der Waals surface area (Å²) in [7, 11) is 0. The standard InChI is InChI=1S/C12H16N4O4/c1-8-4-14-3-2-9(8)5-15-12(20)16(6-10(13)17)7-11(18)19/h2-4H,5-7H2,1H3,(H2,13,17)(H,15,20)(H,18,19). The molecule has 0 aliphatic rings. The average Bonchev–Trinajstić information content (AvgIpc) is 2.35. The number of aromatic nitrogens is 1. The van der Waals surface area contributed by atoms with E-state index in [2.05, 4.69) is 10.3 Å². The minimum Gasteiger partial charge on any atom is -0.480 e. The first-order valence-electron chi connectivity index (χ1n) is 5.82. The van der Waals surface area contributed by atoms with Gasteiger partial charge in [0, 0.05) is 18.9 Å². The van der Waals surface area contributed by atoms with Gasteiger partial charge in [-0.1, -0.05) is 0 Å². The fourth-order valence-corrected chi connectivity index (χ4v) is 1.53. The zero-order valence-corrected chi connectivity index (χ0v) is 11.0. The second kappa shape index (κ2) is 7.07. The Morgan fingerprint density at radius 3 is 2.65 bits per heavy atom. The molecule has 1 aromatic rings. The number of rotatable bonds is 6. The van der Waals surface area contributed by atoms with Crippen LogP contribution in [0.5, 0.6) is 0 Å². The van der Waals surface area contributed by atoms with Crippen LogP contribution in [-0.4, -0.2) is 46.0 Å². The van der Waals surface area contributed by atoms with Gasteiger partial charge in [-0.25, -0.2) is 4.79 Å². The molecule has 108 valence electrons. The van der Waals surface area contributed by atoms with Crippen LogP contribution < -0.4 is 11.1 Å². The average molecular weight is 280 g/mol. The van der Waals surface area contributed by atoms with Crippen molar-refractivity contribution in [3.63, 3.8) is 0 Å². The molecule has 8 heteroatoms. The van der Waals surface area contributed by atoms with Crippen LogP contribution in [0, 0.1) is 6.92 Å². The van der Waals surface area contributed by atoms with Crippen molar-refractivity contribution < 1.29 is 19.5 Å². The van der Waals surface area contributed by atoms with Crippen LogP contribution in [0.25, 0.3) is 0 Å². The van der Waals surface area contributed by atoms with Gasteiger partial charge in [-0.2, -0.15) is 0 Å². The predicted molar refractivity (Wildman–Crippen MR) is 69.6 cm³/mol. The number of carboxylic acid groups (broad SMARTS) is 1. The van der Waals surface area contributed by atoms with Crippen molar-refractivity contribution in [3.8, 4) is 0 Å². The number of amides is 3. The van der Waals surface area contributed by atoms with E-state index < -0.39 is 31.0 Å². The Hall–Kier alpha value is -2.64. The van der Waals surface area contributed by atoms with Gasteiger partial charge in [0.05, 0.1) is 0 Å². The summed E-state index contributed by atoms with van der Waals surface area (Å²) in [6, 6.07) is 1.08. The van der Waals surface area contributed by atoms with Crippen LogP contribution in [0.15, 0.2) is 18.5 Å². The van der Waals surface area contributed by atoms with E-state index in [0.717, 1.165) is 16.0 Å². The Kier molecular flexibility index (Phi) is 5.45. The summed E-state index contributed by atoms with van der Waals surface area (Å²) < 4.78 is 0. The Morgan fingerprint density at radius 2 is 2.10 bits per heavy atom. The largest absolute Gasteiger partial charge is 0.480 e. The number of aliphatic carboxylic acids is 1. The van der Waals surface area contributed by atoms with Gasteiger partial charge in [0.25, 0.3) is 0 Å². The normalized spacial score (nSPS) is 9.85. The van der Waals surface area contributed by atoms with Gasteiger partial charge in [0.2, 0.25) is 5.91 Å². The van der Waals surface area contributed by atoms with E-state index in [1.54, 1.807) is 18.5 Å². The molecule has 0 spiro atoms. The molecule has 1 rings (SSSR count). The molecule has 0 atom stereocenters. The van der Waals surface area contributed by atoms with E-state index in [1.807, 2.05) is 6.92 Å². The topological polar surface area (TPSA) is 126 Å². The molecular formula is C12H16N4O4. The van der Waals surface area contributed by atoms with Crippen molar-refractivity contribution in [2.45, 2.75) is 13.5 Å². The number of hydrogen-bond acceptors (Lipinski definition) is 4. The first-order valence-corrected chi connectivity index (χ1v) is 5.82. The molecule has 0 fully saturated rings. The third-order valence-corrected chi connectivity index (χ3v) is 2.53. The molecule has 0 unspecified atom stereocenters. The number of aryl methyl sites for hydroxylation is 1. The van der Waals surface area contributed by atoms with Gasteiger partial charge in [-0.3, -0.25) is 14.6 Å². The zero-order chi connectivity index (χ0) is 15.1. The van der Waals surface area contributed by atoms with Gasteiger partial charge < -0.3 is 21.1 Å². The third kappa shape index (κ3) is 4.92. The van der Waals surface area contributed by atoms with Crippen molar-refractivity contribution in [2.24, 2.45) is 5.73 Å². The number of carboxylic acids is 1. The summed E-state index contributed by atoms with van der Waals surface area (Å²) >= 11 is 0. The molecule has 0 radical (unpaired) electrons. The van der Waals surface area contributed by atoms with Crippen molar-refractivity contribution in [2.75, 3.05) is 13.1 Å². The molecule has 8 nitrogen and oxygen atoms in total. The lowest BCUT2D eigenvalue weighted by molar-refractivity contribution is -0.137. The zero-order valence-electron chi connectivity index (χ0n) is 11.0. The van der Waals surface area contributed by atoms with Crippen LogP contribution >= 0.6 is 0 Å². The second-order valence-electron chi connectivity index (χ2n) is 4.18. The molecule has 0 aliphatic carbocycles.